The van der Waals surface area contributed by atoms with Gasteiger partial charge < -0.3 is 0 Å². The molecular formula is C6H5NOS. The third-order valence-electron chi connectivity index (χ3n) is 0.975. The van der Waals surface area contributed by atoms with Gasteiger partial charge in [-0.05, 0) is 12.2 Å². The average molecular weight is 139 g/mol. The molecule has 2 nitrogen and oxygen atoms in total. The first-order chi connectivity index (χ1) is 4.38. The van der Waals surface area contributed by atoms with Crippen molar-refractivity contribution in [2.45, 2.75) is 0 Å². The topological polar surface area (TPSA) is 29.4 Å². The minimum absolute atomic E-state index is 0.443. The Hall–Kier alpha value is -0.960. The van der Waals surface area contributed by atoms with Gasteiger partial charge in [0.05, 0.1) is 21.8 Å². The van der Waals surface area contributed by atoms with Gasteiger partial charge in [0.2, 0.25) is 0 Å². The van der Waals surface area contributed by atoms with E-state index in [-0.39, 0.29) is 0 Å². The van der Waals surface area contributed by atoms with Gasteiger partial charge in [0, 0.05) is 6.20 Å². The maximum atomic E-state index is 10.2. The fourth-order valence-electron chi connectivity index (χ4n) is 0.558. The molecule has 0 aromatic heterocycles. The standard InChI is InChI=1S/C6H5NOS/c1-2-5-6(9-8)3-4-7-5/h2-4H,1H2. The first-order valence-electron chi connectivity index (χ1n) is 2.42. The Morgan fingerprint density at radius 2 is 2.56 bits per heavy atom. The Kier molecular flexibility index (Phi) is 1.75. The highest BCUT2D eigenvalue weighted by Gasteiger charge is 2.03. The lowest BCUT2D eigenvalue weighted by molar-refractivity contribution is 0.701. The first kappa shape index (κ1) is 6.16. The maximum absolute atomic E-state index is 10.2. The zero-order valence-corrected chi connectivity index (χ0v) is 5.52. The molecule has 46 valence electrons. The molecule has 0 aliphatic carbocycles. The second-order valence-electron chi connectivity index (χ2n) is 1.48. The molecular weight excluding hydrogens is 134 g/mol. The van der Waals surface area contributed by atoms with E-state index >= 15 is 0 Å². The molecule has 3 heteroatoms. The van der Waals surface area contributed by atoms with E-state index < -0.39 is 0 Å². The molecule has 0 radical (unpaired) electrons. The lowest BCUT2D eigenvalue weighted by atomic mass is 10.3. The summed E-state index contributed by atoms with van der Waals surface area (Å²) in [6.45, 7) is 3.50. The van der Waals surface area contributed by atoms with E-state index in [0.717, 1.165) is 0 Å². The van der Waals surface area contributed by atoms with Crippen LogP contribution in [0, 0.1) is 0 Å². The van der Waals surface area contributed by atoms with Gasteiger partial charge in [-0.3, -0.25) is 4.99 Å². The summed E-state index contributed by atoms with van der Waals surface area (Å²) >= 11 is 0.443. The highest BCUT2D eigenvalue weighted by atomic mass is 32.1. The van der Waals surface area contributed by atoms with Crippen molar-refractivity contribution in [3.63, 3.8) is 0 Å². The average Bonchev–Trinajstić information content (AvgIpc) is 2.33. The second-order valence-corrected chi connectivity index (χ2v) is 2.09. The molecule has 1 aliphatic rings. The molecule has 0 aromatic rings. The van der Waals surface area contributed by atoms with E-state index in [1.807, 2.05) is 0 Å². The normalized spacial score (nSPS) is 15.6. The van der Waals surface area contributed by atoms with Crippen LogP contribution in [-0.2, 0) is 11.3 Å². The van der Waals surface area contributed by atoms with Gasteiger partial charge in [-0.15, -0.1) is 0 Å². The van der Waals surface area contributed by atoms with Gasteiger partial charge >= 0.3 is 0 Å². The Bertz CT molecular complexity index is 246. The van der Waals surface area contributed by atoms with E-state index in [1.165, 1.54) is 0 Å². The van der Waals surface area contributed by atoms with Crippen LogP contribution in [0.15, 0.2) is 29.9 Å². The van der Waals surface area contributed by atoms with Crippen LogP contribution in [0.25, 0.3) is 0 Å². The molecule has 0 saturated heterocycles. The van der Waals surface area contributed by atoms with Gasteiger partial charge in [-0.25, -0.2) is 4.21 Å². The van der Waals surface area contributed by atoms with Crippen molar-refractivity contribution in [3.05, 3.63) is 24.9 Å². The fourth-order valence-corrected chi connectivity index (χ4v) is 0.896. The van der Waals surface area contributed by atoms with Crippen LogP contribution in [0.4, 0.5) is 0 Å². The number of nitrogens with zero attached hydrogens (tertiary/aromatic N) is 1. The zero-order valence-electron chi connectivity index (χ0n) is 4.70. The van der Waals surface area contributed by atoms with Crippen molar-refractivity contribution in [1.82, 2.24) is 0 Å². The summed E-state index contributed by atoms with van der Waals surface area (Å²) < 4.78 is 10.2. The number of rotatable bonds is 1. The van der Waals surface area contributed by atoms with Crippen molar-refractivity contribution in [3.8, 4) is 0 Å². The van der Waals surface area contributed by atoms with Gasteiger partial charge in [-0.2, -0.15) is 0 Å². The number of hydrogen-bond donors (Lipinski definition) is 0. The molecule has 0 N–H and O–H groups in total. The highest BCUT2D eigenvalue weighted by Crippen LogP contribution is 1.95. The van der Waals surface area contributed by atoms with Gasteiger partial charge in [0.1, 0.15) is 0 Å². The highest BCUT2D eigenvalue weighted by molar-refractivity contribution is 7.69. The fraction of sp³-hybridized carbons (Fsp3) is 0. The Morgan fingerprint density at radius 3 is 3.00 bits per heavy atom. The molecule has 0 atom stereocenters. The number of allylic oxidation sites excluding steroid dienone is 2. The molecule has 0 amide bonds. The van der Waals surface area contributed by atoms with Crippen molar-refractivity contribution in [2.75, 3.05) is 0 Å². The third kappa shape index (κ3) is 1.05. The summed E-state index contributed by atoms with van der Waals surface area (Å²) in [5, 5.41) is 0. The Morgan fingerprint density at radius 1 is 1.78 bits per heavy atom. The first-order valence-corrected chi connectivity index (χ1v) is 3.16. The predicted molar refractivity (Wildman–Crippen MR) is 39.9 cm³/mol. The predicted octanol–water partition coefficient (Wildman–Crippen LogP) is 0.526. The molecule has 0 unspecified atom stereocenters. The SMILES string of the molecule is C=CC1=NC=CC1=S=O. The lowest BCUT2D eigenvalue weighted by Crippen LogP contribution is -2.02. The molecule has 0 aromatic carbocycles. The smallest absolute Gasteiger partial charge is 0.0988 e. The van der Waals surface area contributed by atoms with Crippen LogP contribution in [0.5, 0.6) is 0 Å². The van der Waals surface area contributed by atoms with E-state index in [4.69, 9.17) is 0 Å². The summed E-state index contributed by atoms with van der Waals surface area (Å²) in [7, 11) is 0. The molecule has 1 rings (SSSR count). The van der Waals surface area contributed by atoms with Crippen molar-refractivity contribution >= 4 is 21.8 Å². The minimum Gasteiger partial charge on any atom is -0.255 e. The molecule has 0 bridgehead atoms. The largest absolute Gasteiger partial charge is 0.255 e. The van der Waals surface area contributed by atoms with Crippen LogP contribution < -0.4 is 0 Å². The van der Waals surface area contributed by atoms with E-state index in [2.05, 4.69) is 11.6 Å². The molecule has 0 fully saturated rings. The van der Waals surface area contributed by atoms with E-state index in [0.29, 0.717) is 21.8 Å². The monoisotopic (exact) mass is 139 g/mol. The van der Waals surface area contributed by atoms with Crippen LogP contribution in [-0.4, -0.2) is 14.8 Å². The Labute approximate surface area is 56.7 Å². The molecule has 1 aliphatic heterocycles. The van der Waals surface area contributed by atoms with Crippen LogP contribution in [0.2, 0.25) is 0 Å². The number of hydrogen-bond acceptors (Lipinski definition) is 2. The summed E-state index contributed by atoms with van der Waals surface area (Å²) in [5.41, 5.74) is 0.676. The van der Waals surface area contributed by atoms with Gasteiger partial charge in [0.25, 0.3) is 0 Å². The minimum atomic E-state index is 0.443. The quantitative estimate of drug-likeness (QED) is 0.487. The van der Waals surface area contributed by atoms with Crippen molar-refractivity contribution < 1.29 is 4.21 Å². The molecule has 0 spiro atoms. The number of aliphatic imine (C=N–C) groups is 1. The van der Waals surface area contributed by atoms with E-state index in [1.54, 1.807) is 18.4 Å². The third-order valence-corrected chi connectivity index (χ3v) is 1.50. The summed E-state index contributed by atoms with van der Waals surface area (Å²) in [4.78, 5) is 4.51. The second kappa shape index (κ2) is 2.55. The molecule has 9 heavy (non-hydrogen) atoms. The summed E-state index contributed by atoms with van der Waals surface area (Å²) in [5.74, 6) is 0. The van der Waals surface area contributed by atoms with Crippen LogP contribution in [0.3, 0.4) is 0 Å². The zero-order chi connectivity index (χ0) is 6.69. The summed E-state index contributed by atoms with van der Waals surface area (Å²) in [6.07, 6.45) is 4.84. The van der Waals surface area contributed by atoms with Crippen molar-refractivity contribution in [1.29, 1.82) is 0 Å². The molecule has 1 heterocycles. The van der Waals surface area contributed by atoms with E-state index in [9.17, 15) is 4.21 Å². The molecule has 0 saturated carbocycles. The van der Waals surface area contributed by atoms with Crippen LogP contribution >= 0.6 is 0 Å². The van der Waals surface area contributed by atoms with Gasteiger partial charge in [0.15, 0.2) is 0 Å². The van der Waals surface area contributed by atoms with Gasteiger partial charge in [-0.1, -0.05) is 6.58 Å². The van der Waals surface area contributed by atoms with Crippen LogP contribution in [0.1, 0.15) is 0 Å². The maximum Gasteiger partial charge on any atom is 0.0988 e. The lowest BCUT2D eigenvalue weighted by Gasteiger charge is -1.84. The van der Waals surface area contributed by atoms with Crippen molar-refractivity contribution in [2.24, 2.45) is 4.99 Å². The Balaban J connectivity index is 3.04. The summed E-state index contributed by atoms with van der Waals surface area (Å²) in [6, 6.07) is 0.